The average molecular weight is 1160 g/mol. The minimum Gasteiger partial charge on any atom is -0.475 e. The van der Waals surface area contributed by atoms with Crippen LogP contribution in [0.2, 0.25) is 5.15 Å². The topological polar surface area (TPSA) is 245 Å². The van der Waals surface area contributed by atoms with Gasteiger partial charge < -0.3 is 48.7 Å². The maximum absolute atomic E-state index is 13.0. The molecule has 0 radical (unpaired) electrons. The highest BCUT2D eigenvalue weighted by Crippen LogP contribution is 2.38. The molecule has 9 rings (SSSR count). The van der Waals surface area contributed by atoms with E-state index in [1.54, 1.807) is 70.4 Å². The first kappa shape index (κ1) is 63.8. The average Bonchev–Trinajstić information content (AvgIpc) is 3.67. The number of aryl methyl sites for hydroxylation is 2. The SMILES string of the molecule is CCOc1nnc(-c2cc(NC(=O)c3ccnc(C(C)(C)C#N)c3)ccc2C)cc1N1CCOC[C@H]1C.CCOc1nnc(Cl)cc1N1CCOC[C@H]1C.Cc1ccc(NC(=O)c2ccnc(C(C)(C)C#N)c2)cc1B1OC(C)(C)C(C)(C)O1. The Balaban J connectivity index is 0.000000193. The quantitative estimate of drug-likeness (QED) is 0.0963. The molecule has 3 aliphatic rings. The van der Waals surface area contributed by atoms with Crippen LogP contribution in [0, 0.1) is 36.5 Å². The zero-order chi connectivity index (χ0) is 61.1. The number of hydrogen-bond acceptors (Lipinski definition) is 18. The zero-order valence-electron chi connectivity index (χ0n) is 50.6. The molecule has 20 nitrogen and oxygen atoms in total. The van der Waals surface area contributed by atoms with Crippen LogP contribution < -0.4 is 35.4 Å². The van der Waals surface area contributed by atoms with Crippen molar-refractivity contribution in [2.45, 2.75) is 131 Å². The van der Waals surface area contributed by atoms with Gasteiger partial charge in [-0.3, -0.25) is 19.6 Å². The summed E-state index contributed by atoms with van der Waals surface area (Å²) in [5.74, 6) is 0.477. The van der Waals surface area contributed by atoms with Crippen molar-refractivity contribution in [2.75, 3.05) is 73.2 Å². The number of pyridine rings is 2. The molecule has 442 valence electrons. The Bertz CT molecular complexity index is 3390. The lowest BCUT2D eigenvalue weighted by Gasteiger charge is -2.35. The first-order chi connectivity index (χ1) is 39.8. The number of carbonyl (C=O) groups is 2. The number of anilines is 4. The summed E-state index contributed by atoms with van der Waals surface area (Å²) in [6, 6.07) is 26.6. The number of carbonyl (C=O) groups excluding carboxylic acids is 2. The lowest BCUT2D eigenvalue weighted by atomic mass is 9.76. The molecule has 0 aliphatic carbocycles. The Kier molecular flexibility index (Phi) is 20.7. The Morgan fingerprint density at radius 2 is 1.14 bits per heavy atom. The van der Waals surface area contributed by atoms with Crippen molar-refractivity contribution in [2.24, 2.45) is 0 Å². The molecule has 3 saturated heterocycles. The fourth-order valence-corrected chi connectivity index (χ4v) is 9.32. The monoisotopic (exact) mass is 1160 g/mol. The van der Waals surface area contributed by atoms with Crippen LogP contribution in [0.5, 0.6) is 11.8 Å². The van der Waals surface area contributed by atoms with E-state index in [0.717, 1.165) is 46.6 Å². The van der Waals surface area contributed by atoms with Crippen molar-refractivity contribution in [1.82, 2.24) is 30.4 Å². The van der Waals surface area contributed by atoms with Gasteiger partial charge in [-0.1, -0.05) is 29.3 Å². The highest BCUT2D eigenvalue weighted by molar-refractivity contribution is 6.62. The van der Waals surface area contributed by atoms with Crippen LogP contribution in [-0.4, -0.2) is 125 Å². The molecule has 2 atom stereocenters. The van der Waals surface area contributed by atoms with Crippen molar-refractivity contribution < 1.29 is 37.8 Å². The summed E-state index contributed by atoms with van der Waals surface area (Å²) in [6.07, 6.45) is 3.10. The van der Waals surface area contributed by atoms with Gasteiger partial charge >= 0.3 is 7.12 Å². The molecule has 0 spiro atoms. The van der Waals surface area contributed by atoms with E-state index >= 15 is 0 Å². The third-order valence-electron chi connectivity index (χ3n) is 15.1. The van der Waals surface area contributed by atoms with E-state index in [-0.39, 0.29) is 23.9 Å². The molecule has 22 heteroatoms. The third kappa shape index (κ3) is 15.3. The largest absolute Gasteiger partial charge is 0.495 e. The second kappa shape index (κ2) is 27.3. The van der Waals surface area contributed by atoms with Crippen LogP contribution in [0.4, 0.5) is 22.7 Å². The molecule has 2 N–H and O–H groups in total. The third-order valence-corrected chi connectivity index (χ3v) is 15.3. The van der Waals surface area contributed by atoms with Gasteiger partial charge in [0.15, 0.2) is 5.15 Å². The van der Waals surface area contributed by atoms with Crippen LogP contribution in [0.25, 0.3) is 11.3 Å². The highest BCUT2D eigenvalue weighted by atomic mass is 35.5. The first-order valence-corrected chi connectivity index (χ1v) is 28.5. The number of nitrogens with zero attached hydrogens (tertiary/aromatic N) is 10. The molecule has 4 aromatic heterocycles. The van der Waals surface area contributed by atoms with Crippen molar-refractivity contribution >= 4 is 58.7 Å². The van der Waals surface area contributed by atoms with Crippen molar-refractivity contribution in [3.63, 3.8) is 0 Å². The van der Waals surface area contributed by atoms with Gasteiger partial charge in [-0.25, -0.2) is 0 Å². The molecular weight excluding hydrogens is 1090 g/mol. The number of aromatic nitrogens is 6. The fraction of sp³-hybridized carbons (Fsp3) is 0.452. The van der Waals surface area contributed by atoms with Gasteiger partial charge in [-0.15, -0.1) is 20.4 Å². The predicted octanol–water partition coefficient (Wildman–Crippen LogP) is 10.0. The summed E-state index contributed by atoms with van der Waals surface area (Å²) >= 11 is 5.90. The molecule has 2 amide bonds. The second-order valence-electron chi connectivity index (χ2n) is 22.8. The highest BCUT2D eigenvalue weighted by Gasteiger charge is 2.52. The molecule has 7 heterocycles. The van der Waals surface area contributed by atoms with Crippen molar-refractivity contribution in [1.29, 1.82) is 10.5 Å². The number of halogens is 1. The second-order valence-corrected chi connectivity index (χ2v) is 23.2. The molecule has 3 fully saturated rings. The lowest BCUT2D eigenvalue weighted by molar-refractivity contribution is 0.00578. The van der Waals surface area contributed by atoms with Crippen LogP contribution >= 0.6 is 11.6 Å². The minimum atomic E-state index is -0.796. The van der Waals surface area contributed by atoms with Gasteiger partial charge in [-0.05, 0) is 163 Å². The summed E-state index contributed by atoms with van der Waals surface area (Å²) in [4.78, 5) is 38.8. The molecular formula is C62H76BClN12O8. The number of amides is 2. The lowest BCUT2D eigenvalue weighted by Crippen LogP contribution is -2.44. The summed E-state index contributed by atoms with van der Waals surface area (Å²) in [5, 5.41) is 41.7. The van der Waals surface area contributed by atoms with E-state index in [4.69, 9.17) is 39.9 Å². The number of hydrogen-bond donors (Lipinski definition) is 2. The minimum absolute atomic E-state index is 0.174. The summed E-state index contributed by atoms with van der Waals surface area (Å²) in [6.45, 7) is 32.4. The van der Waals surface area contributed by atoms with E-state index in [9.17, 15) is 20.1 Å². The maximum atomic E-state index is 13.0. The van der Waals surface area contributed by atoms with Crippen LogP contribution in [0.1, 0.15) is 126 Å². The molecule has 0 bridgehead atoms. The number of nitrogens with one attached hydrogen (secondary N) is 2. The Morgan fingerprint density at radius 1 is 0.679 bits per heavy atom. The number of ether oxygens (including phenoxy) is 4. The van der Waals surface area contributed by atoms with Crippen molar-refractivity contribution in [3.8, 4) is 35.2 Å². The van der Waals surface area contributed by atoms with E-state index in [1.807, 2.05) is 97.9 Å². The van der Waals surface area contributed by atoms with Gasteiger partial charge in [0.2, 0.25) is 0 Å². The van der Waals surface area contributed by atoms with Crippen LogP contribution in [-0.2, 0) is 29.6 Å². The van der Waals surface area contributed by atoms with Gasteiger partial charge in [0.1, 0.15) is 11.4 Å². The van der Waals surface area contributed by atoms with Gasteiger partial charge in [-0.2, -0.15) is 10.5 Å². The Morgan fingerprint density at radius 3 is 1.62 bits per heavy atom. The van der Waals surface area contributed by atoms with Gasteiger partial charge in [0.05, 0.1) is 90.9 Å². The van der Waals surface area contributed by atoms with Crippen LogP contribution in [0.15, 0.2) is 85.2 Å². The molecule has 6 aromatic rings. The molecule has 3 aliphatic heterocycles. The van der Waals surface area contributed by atoms with E-state index in [0.29, 0.717) is 96.1 Å². The summed E-state index contributed by atoms with van der Waals surface area (Å²) in [5.41, 5.74) is 7.01. The molecule has 0 unspecified atom stereocenters. The number of benzene rings is 2. The number of morpholine rings is 2. The Hall–Kier alpha value is -7.79. The summed E-state index contributed by atoms with van der Waals surface area (Å²) in [7, 11) is -0.504. The van der Waals surface area contributed by atoms with E-state index in [2.05, 4.69) is 76.8 Å². The number of nitriles is 2. The standard InChI is InChI=1S/C28H32N6O3.C23H28BN3O3.C11H16ClN3O2/c1-6-37-27-24(34-11-12-36-16-19(34)3)15-23(32-33-27)22-14-21(8-7-18(22)2)31-26(35)20-9-10-30-25(13-20)28(4,5)17-29;1-15-8-9-17(13-18(15)24-29-22(4,5)23(6,7)30-24)27-20(28)16-10-11-26-19(12-16)21(2,3)14-25;1-3-17-11-9(6-10(12)13-14-11)15-4-5-16-7-8(15)2/h7-10,13-15,19H,6,11-12,16H2,1-5H3,(H,31,35);8-13H,1-7H3,(H,27,28);6,8H,3-5,7H2,1-2H3/t19-;;8-/m1.1/s1. The molecule has 0 saturated carbocycles. The molecule has 2 aromatic carbocycles. The van der Waals surface area contributed by atoms with Crippen molar-refractivity contribution in [3.05, 3.63) is 124 Å². The first-order valence-electron chi connectivity index (χ1n) is 28.1. The van der Waals surface area contributed by atoms with Gasteiger partial charge in [0.25, 0.3) is 23.6 Å². The predicted molar refractivity (Wildman–Crippen MR) is 325 cm³/mol. The smallest absolute Gasteiger partial charge is 0.475 e. The summed E-state index contributed by atoms with van der Waals surface area (Å²) < 4.78 is 34.6. The Labute approximate surface area is 498 Å². The van der Waals surface area contributed by atoms with Crippen LogP contribution in [0.3, 0.4) is 0 Å². The van der Waals surface area contributed by atoms with E-state index in [1.165, 1.54) is 0 Å². The number of rotatable bonds is 14. The fourth-order valence-electron chi connectivity index (χ4n) is 9.18. The van der Waals surface area contributed by atoms with E-state index < -0.39 is 29.2 Å². The normalized spacial score (nSPS) is 17.3. The molecule has 84 heavy (non-hydrogen) atoms. The zero-order valence-corrected chi connectivity index (χ0v) is 51.3. The maximum Gasteiger partial charge on any atom is 0.495 e. The van der Waals surface area contributed by atoms with Gasteiger partial charge in [0, 0.05) is 71.7 Å².